The Morgan fingerprint density at radius 2 is 1.95 bits per heavy atom. The molecule has 4 heteroatoms. The molecule has 1 N–H and O–H groups in total. The second kappa shape index (κ2) is 6.19. The summed E-state index contributed by atoms with van der Waals surface area (Å²) >= 11 is 11.8. The van der Waals surface area contributed by atoms with Gasteiger partial charge in [0, 0.05) is 22.2 Å². The summed E-state index contributed by atoms with van der Waals surface area (Å²) in [5, 5.41) is 4.17. The highest BCUT2D eigenvalue weighted by atomic mass is 35.5. The van der Waals surface area contributed by atoms with Gasteiger partial charge in [-0.05, 0) is 54.5 Å². The molecule has 2 nitrogen and oxygen atoms in total. The lowest BCUT2D eigenvalue weighted by molar-refractivity contribution is -0.117. The summed E-state index contributed by atoms with van der Waals surface area (Å²) in [4.78, 5) is 11.9. The molecule has 1 aliphatic rings. The van der Waals surface area contributed by atoms with E-state index in [-0.39, 0.29) is 11.9 Å². The molecule has 1 aliphatic carbocycles. The molecule has 1 fully saturated rings. The van der Waals surface area contributed by atoms with E-state index < -0.39 is 0 Å². The lowest BCUT2D eigenvalue weighted by atomic mass is 9.92. The summed E-state index contributed by atoms with van der Waals surface area (Å²) in [6.07, 6.45) is 6.51. The summed E-state index contributed by atoms with van der Waals surface area (Å²) in [7, 11) is 0. The van der Waals surface area contributed by atoms with Crippen LogP contribution in [0, 0.1) is 5.41 Å². The minimum absolute atomic E-state index is 0.0659. The number of rotatable bonds is 3. The van der Waals surface area contributed by atoms with Crippen molar-refractivity contribution in [3.8, 4) is 0 Å². The van der Waals surface area contributed by atoms with Crippen LogP contribution < -0.4 is 5.32 Å². The fourth-order valence-electron chi connectivity index (χ4n) is 2.65. The van der Waals surface area contributed by atoms with Gasteiger partial charge in [0.1, 0.15) is 0 Å². The molecule has 1 amide bonds. The van der Waals surface area contributed by atoms with Crippen LogP contribution in [-0.2, 0) is 4.79 Å². The van der Waals surface area contributed by atoms with Gasteiger partial charge in [0.25, 0.3) is 0 Å². The van der Waals surface area contributed by atoms with Crippen molar-refractivity contribution in [2.75, 3.05) is 0 Å². The topological polar surface area (TPSA) is 29.1 Å². The van der Waals surface area contributed by atoms with Crippen molar-refractivity contribution in [2.45, 2.75) is 39.2 Å². The molecule has 1 aromatic rings. The predicted molar refractivity (Wildman–Crippen MR) is 85.1 cm³/mol. The largest absolute Gasteiger partial charge is 0.350 e. The second-order valence-electron chi connectivity index (χ2n) is 6.15. The van der Waals surface area contributed by atoms with Gasteiger partial charge in [-0.2, -0.15) is 0 Å². The normalized spacial score (nSPS) is 21.3. The Hall–Kier alpha value is -0.990. The molecule has 1 aromatic carbocycles. The third kappa shape index (κ3) is 4.53. The first kappa shape index (κ1) is 15.4. The van der Waals surface area contributed by atoms with Gasteiger partial charge in [-0.1, -0.05) is 37.0 Å². The molecular weight excluding hydrogens is 293 g/mol. The smallest absolute Gasteiger partial charge is 0.244 e. The highest BCUT2D eigenvalue weighted by molar-refractivity contribution is 6.34. The van der Waals surface area contributed by atoms with Crippen LogP contribution in [0.3, 0.4) is 0 Å². The third-order valence-corrected chi connectivity index (χ3v) is 4.06. The highest BCUT2D eigenvalue weighted by Gasteiger charge is 2.31. The molecule has 0 spiro atoms. The molecule has 0 radical (unpaired) electrons. The third-order valence-electron chi connectivity index (χ3n) is 3.63. The van der Waals surface area contributed by atoms with Crippen LogP contribution in [0.4, 0.5) is 0 Å². The van der Waals surface area contributed by atoms with Crippen molar-refractivity contribution in [1.82, 2.24) is 5.32 Å². The molecule has 1 atom stereocenters. The molecule has 1 unspecified atom stereocenters. The zero-order valence-corrected chi connectivity index (χ0v) is 13.3. The summed E-state index contributed by atoms with van der Waals surface area (Å²) in [6, 6.07) is 5.50. The first-order valence-corrected chi connectivity index (χ1v) is 7.54. The Morgan fingerprint density at radius 1 is 1.30 bits per heavy atom. The first-order valence-electron chi connectivity index (χ1n) is 6.79. The molecule has 0 aromatic heterocycles. The second-order valence-corrected chi connectivity index (χ2v) is 7.02. The van der Waals surface area contributed by atoms with E-state index in [2.05, 4.69) is 19.2 Å². The van der Waals surface area contributed by atoms with Gasteiger partial charge in [-0.3, -0.25) is 4.79 Å². The molecule has 1 saturated carbocycles. The van der Waals surface area contributed by atoms with Crippen LogP contribution in [0.25, 0.3) is 6.08 Å². The van der Waals surface area contributed by atoms with Crippen LogP contribution in [0.15, 0.2) is 24.3 Å². The van der Waals surface area contributed by atoms with Crippen LogP contribution in [0.1, 0.15) is 38.7 Å². The van der Waals surface area contributed by atoms with E-state index in [0.717, 1.165) is 24.8 Å². The lowest BCUT2D eigenvalue weighted by Crippen LogP contribution is -2.32. The maximum atomic E-state index is 11.9. The molecule has 0 bridgehead atoms. The Morgan fingerprint density at radius 3 is 2.50 bits per heavy atom. The zero-order chi connectivity index (χ0) is 14.8. The van der Waals surface area contributed by atoms with E-state index in [1.807, 2.05) is 0 Å². The van der Waals surface area contributed by atoms with E-state index in [0.29, 0.717) is 15.5 Å². The standard InChI is InChI=1S/C16H19Cl2NO/c1-16(2)6-5-14(10-16)19-15(20)4-3-11-7-12(17)9-13(18)8-11/h3-4,7-9,14H,5-6,10H2,1-2H3,(H,19,20)/b4-3+. The van der Waals surface area contributed by atoms with E-state index in [9.17, 15) is 4.79 Å². The van der Waals surface area contributed by atoms with Crippen molar-refractivity contribution in [3.63, 3.8) is 0 Å². The van der Waals surface area contributed by atoms with Gasteiger partial charge in [0.05, 0.1) is 0 Å². The molecule has 0 aliphatic heterocycles. The van der Waals surface area contributed by atoms with Crippen LogP contribution in [0.5, 0.6) is 0 Å². The van der Waals surface area contributed by atoms with Gasteiger partial charge in [-0.25, -0.2) is 0 Å². The average molecular weight is 312 g/mol. The first-order chi connectivity index (χ1) is 9.34. The summed E-state index contributed by atoms with van der Waals surface area (Å²) < 4.78 is 0. The SMILES string of the molecule is CC1(C)CCC(NC(=O)/C=C/c2cc(Cl)cc(Cl)c2)C1. The molecule has 108 valence electrons. The minimum atomic E-state index is -0.0659. The molecular formula is C16H19Cl2NO. The van der Waals surface area contributed by atoms with Crippen molar-refractivity contribution in [3.05, 3.63) is 39.9 Å². The van der Waals surface area contributed by atoms with Crippen molar-refractivity contribution in [1.29, 1.82) is 0 Å². The fourth-order valence-corrected chi connectivity index (χ4v) is 3.19. The number of amides is 1. The lowest BCUT2D eigenvalue weighted by Gasteiger charge is -2.17. The van der Waals surface area contributed by atoms with Crippen LogP contribution in [-0.4, -0.2) is 11.9 Å². The predicted octanol–water partition coefficient (Wildman–Crippen LogP) is 4.70. The maximum Gasteiger partial charge on any atom is 0.244 e. The number of nitrogens with one attached hydrogen (secondary N) is 1. The van der Waals surface area contributed by atoms with Crippen molar-refractivity contribution in [2.24, 2.45) is 5.41 Å². The number of hydrogen-bond acceptors (Lipinski definition) is 1. The Kier molecular flexibility index (Phi) is 4.77. The van der Waals surface area contributed by atoms with Gasteiger partial charge in [-0.15, -0.1) is 0 Å². The molecule has 20 heavy (non-hydrogen) atoms. The van der Waals surface area contributed by atoms with E-state index in [4.69, 9.17) is 23.2 Å². The van der Waals surface area contributed by atoms with Gasteiger partial charge >= 0.3 is 0 Å². The van der Waals surface area contributed by atoms with E-state index in [1.165, 1.54) is 6.08 Å². The van der Waals surface area contributed by atoms with Gasteiger partial charge in [0.2, 0.25) is 5.91 Å². The Labute approximate surface area is 130 Å². The summed E-state index contributed by atoms with van der Waals surface area (Å²) in [6.45, 7) is 4.48. The number of carbonyl (C=O) groups excluding carboxylic acids is 1. The average Bonchev–Trinajstić information content (AvgIpc) is 2.65. The van der Waals surface area contributed by atoms with Gasteiger partial charge < -0.3 is 5.32 Å². The molecule has 2 rings (SSSR count). The van der Waals surface area contributed by atoms with Crippen LogP contribution in [0.2, 0.25) is 10.0 Å². The van der Waals surface area contributed by atoms with Crippen molar-refractivity contribution >= 4 is 35.2 Å². The number of benzene rings is 1. The minimum Gasteiger partial charge on any atom is -0.350 e. The Balaban J connectivity index is 1.93. The molecule has 0 saturated heterocycles. The van der Waals surface area contributed by atoms with E-state index >= 15 is 0 Å². The fraction of sp³-hybridized carbons (Fsp3) is 0.438. The van der Waals surface area contributed by atoms with Gasteiger partial charge in [0.15, 0.2) is 0 Å². The summed E-state index contributed by atoms with van der Waals surface area (Å²) in [5.74, 6) is -0.0659. The highest BCUT2D eigenvalue weighted by Crippen LogP contribution is 2.36. The Bertz CT molecular complexity index is 517. The maximum absolute atomic E-state index is 11.9. The number of carbonyl (C=O) groups is 1. The number of halogens is 2. The molecule has 0 heterocycles. The monoisotopic (exact) mass is 311 g/mol. The van der Waals surface area contributed by atoms with Crippen molar-refractivity contribution < 1.29 is 4.79 Å². The summed E-state index contributed by atoms with van der Waals surface area (Å²) in [5.41, 5.74) is 1.16. The van der Waals surface area contributed by atoms with E-state index in [1.54, 1.807) is 24.3 Å². The quantitative estimate of drug-likeness (QED) is 0.805. The number of hydrogen-bond donors (Lipinski definition) is 1. The van der Waals surface area contributed by atoms with Crippen LogP contribution >= 0.6 is 23.2 Å². The zero-order valence-electron chi connectivity index (χ0n) is 11.7.